The lowest BCUT2D eigenvalue weighted by atomic mass is 10.2. The van der Waals surface area contributed by atoms with Crippen LogP contribution in [0.4, 0.5) is 0 Å². The van der Waals surface area contributed by atoms with Crippen LogP contribution >= 0.6 is 0 Å². The van der Waals surface area contributed by atoms with Crippen LogP contribution in [0.25, 0.3) is 0 Å². The first-order valence-corrected chi connectivity index (χ1v) is 7.18. The Labute approximate surface area is 96.2 Å². The van der Waals surface area contributed by atoms with E-state index in [9.17, 15) is 13.2 Å². The van der Waals surface area contributed by atoms with Gasteiger partial charge in [0.05, 0.1) is 11.8 Å². The number of hydrogen-bond acceptors (Lipinski definition) is 4. The van der Waals surface area contributed by atoms with E-state index >= 15 is 0 Å². The highest BCUT2D eigenvalue weighted by Gasteiger charge is 2.30. The normalized spacial score (nSPS) is 21.8. The number of rotatable bonds is 6. The van der Waals surface area contributed by atoms with Crippen molar-refractivity contribution in [3.63, 3.8) is 0 Å². The first-order valence-electron chi connectivity index (χ1n) is 5.46. The standard InChI is InChI=1S/C9H19N3O3S/c1-2-4-11-8-3-5-12(9(8)13)6-7-16(10,14)15/h8,11H,2-7H2,1H3,(H2,10,14,15). The summed E-state index contributed by atoms with van der Waals surface area (Å²) < 4.78 is 21.5. The molecule has 1 aliphatic rings. The number of nitrogens with one attached hydrogen (secondary N) is 1. The Kier molecular flexibility index (Phi) is 4.69. The number of nitrogens with zero attached hydrogens (tertiary/aromatic N) is 1. The van der Waals surface area contributed by atoms with Crippen molar-refractivity contribution in [2.45, 2.75) is 25.8 Å². The van der Waals surface area contributed by atoms with E-state index in [1.165, 1.54) is 0 Å². The van der Waals surface area contributed by atoms with Crippen LogP contribution < -0.4 is 10.5 Å². The number of primary sulfonamides is 1. The molecular formula is C9H19N3O3S. The quantitative estimate of drug-likeness (QED) is 0.623. The Morgan fingerprint density at radius 1 is 1.56 bits per heavy atom. The second kappa shape index (κ2) is 5.60. The van der Waals surface area contributed by atoms with E-state index in [-0.39, 0.29) is 24.2 Å². The lowest BCUT2D eigenvalue weighted by molar-refractivity contribution is -0.129. The summed E-state index contributed by atoms with van der Waals surface area (Å²) in [5, 5.41) is 8.03. The predicted octanol–water partition coefficient (Wildman–Crippen LogP) is -1.12. The first kappa shape index (κ1) is 13.4. The zero-order chi connectivity index (χ0) is 12.2. The van der Waals surface area contributed by atoms with Crippen molar-refractivity contribution in [3.8, 4) is 0 Å². The molecule has 16 heavy (non-hydrogen) atoms. The van der Waals surface area contributed by atoms with Crippen LogP contribution in [0, 0.1) is 0 Å². The Bertz CT molecular complexity index is 342. The summed E-state index contributed by atoms with van der Waals surface area (Å²) in [4.78, 5) is 13.3. The first-order chi connectivity index (χ1) is 7.44. The average Bonchev–Trinajstić information content (AvgIpc) is 2.53. The van der Waals surface area contributed by atoms with Gasteiger partial charge in [0.2, 0.25) is 15.9 Å². The second-order valence-electron chi connectivity index (χ2n) is 3.99. The molecule has 0 bridgehead atoms. The summed E-state index contributed by atoms with van der Waals surface area (Å²) in [6.07, 6.45) is 1.71. The van der Waals surface area contributed by atoms with Crippen molar-refractivity contribution in [1.82, 2.24) is 10.2 Å². The van der Waals surface area contributed by atoms with Gasteiger partial charge in [-0.25, -0.2) is 13.6 Å². The highest BCUT2D eigenvalue weighted by Crippen LogP contribution is 2.10. The van der Waals surface area contributed by atoms with Gasteiger partial charge in [-0.15, -0.1) is 0 Å². The highest BCUT2D eigenvalue weighted by atomic mass is 32.2. The summed E-state index contributed by atoms with van der Waals surface area (Å²) >= 11 is 0. The number of sulfonamides is 1. The minimum absolute atomic E-state index is 0.0166. The maximum Gasteiger partial charge on any atom is 0.239 e. The van der Waals surface area contributed by atoms with E-state index in [1.54, 1.807) is 4.90 Å². The van der Waals surface area contributed by atoms with Crippen molar-refractivity contribution >= 4 is 15.9 Å². The van der Waals surface area contributed by atoms with Gasteiger partial charge in [0.15, 0.2) is 0 Å². The number of carbonyl (C=O) groups is 1. The minimum atomic E-state index is -3.48. The van der Waals surface area contributed by atoms with Crippen molar-refractivity contribution in [1.29, 1.82) is 0 Å². The van der Waals surface area contributed by atoms with E-state index < -0.39 is 10.0 Å². The molecule has 0 aliphatic carbocycles. The molecule has 1 saturated heterocycles. The fourth-order valence-corrected chi connectivity index (χ4v) is 2.18. The second-order valence-corrected chi connectivity index (χ2v) is 5.72. The molecule has 0 spiro atoms. The van der Waals surface area contributed by atoms with Crippen LogP contribution in [-0.2, 0) is 14.8 Å². The van der Waals surface area contributed by atoms with Gasteiger partial charge in [-0.2, -0.15) is 0 Å². The monoisotopic (exact) mass is 249 g/mol. The van der Waals surface area contributed by atoms with Crippen LogP contribution in [0.15, 0.2) is 0 Å². The van der Waals surface area contributed by atoms with Crippen LogP contribution in [0.1, 0.15) is 19.8 Å². The zero-order valence-corrected chi connectivity index (χ0v) is 10.3. The third-order valence-electron chi connectivity index (χ3n) is 2.58. The van der Waals surface area contributed by atoms with Crippen molar-refractivity contribution in [2.75, 3.05) is 25.4 Å². The molecule has 94 valence electrons. The lowest BCUT2D eigenvalue weighted by Crippen LogP contribution is -2.40. The number of hydrogen-bond donors (Lipinski definition) is 2. The molecule has 0 aromatic rings. The van der Waals surface area contributed by atoms with Gasteiger partial charge < -0.3 is 10.2 Å². The fraction of sp³-hybridized carbons (Fsp3) is 0.889. The maximum atomic E-state index is 11.8. The summed E-state index contributed by atoms with van der Waals surface area (Å²) in [5.41, 5.74) is 0. The molecule has 1 unspecified atom stereocenters. The van der Waals surface area contributed by atoms with Gasteiger partial charge in [0.25, 0.3) is 0 Å². The molecule has 0 radical (unpaired) electrons. The molecule has 7 heteroatoms. The third kappa shape index (κ3) is 4.07. The van der Waals surface area contributed by atoms with E-state index in [0.29, 0.717) is 6.54 Å². The summed E-state index contributed by atoms with van der Waals surface area (Å²) in [6.45, 7) is 3.64. The molecule has 1 rings (SSSR count). The molecule has 0 saturated carbocycles. The van der Waals surface area contributed by atoms with Crippen LogP contribution in [0.2, 0.25) is 0 Å². The van der Waals surface area contributed by atoms with E-state index in [4.69, 9.17) is 5.14 Å². The number of likely N-dealkylation sites (tertiary alicyclic amines) is 1. The molecule has 1 amide bonds. The fourth-order valence-electron chi connectivity index (χ4n) is 1.71. The number of nitrogens with two attached hydrogens (primary N) is 1. The lowest BCUT2D eigenvalue weighted by Gasteiger charge is -2.16. The topological polar surface area (TPSA) is 92.5 Å². The van der Waals surface area contributed by atoms with Gasteiger partial charge >= 0.3 is 0 Å². The third-order valence-corrected chi connectivity index (χ3v) is 3.34. The van der Waals surface area contributed by atoms with Crippen LogP contribution in [0.3, 0.4) is 0 Å². The molecule has 1 fully saturated rings. The van der Waals surface area contributed by atoms with Gasteiger partial charge in [0, 0.05) is 13.1 Å². The number of amides is 1. The van der Waals surface area contributed by atoms with Gasteiger partial charge in [-0.05, 0) is 19.4 Å². The highest BCUT2D eigenvalue weighted by molar-refractivity contribution is 7.89. The average molecular weight is 249 g/mol. The van der Waals surface area contributed by atoms with Crippen molar-refractivity contribution in [2.24, 2.45) is 5.14 Å². The smallest absolute Gasteiger partial charge is 0.239 e. The molecule has 1 heterocycles. The molecule has 0 aromatic carbocycles. The maximum absolute atomic E-state index is 11.8. The van der Waals surface area contributed by atoms with E-state index in [2.05, 4.69) is 5.32 Å². The van der Waals surface area contributed by atoms with Gasteiger partial charge in [-0.3, -0.25) is 4.79 Å². The summed E-state index contributed by atoms with van der Waals surface area (Å²) in [7, 11) is -3.48. The summed E-state index contributed by atoms with van der Waals surface area (Å²) in [6, 6.07) is -0.152. The molecule has 1 aliphatic heterocycles. The van der Waals surface area contributed by atoms with E-state index in [1.807, 2.05) is 6.92 Å². The van der Waals surface area contributed by atoms with Gasteiger partial charge in [0.1, 0.15) is 0 Å². The number of carbonyl (C=O) groups excluding carboxylic acids is 1. The van der Waals surface area contributed by atoms with Gasteiger partial charge in [-0.1, -0.05) is 6.92 Å². The predicted molar refractivity (Wildman–Crippen MR) is 61.3 cm³/mol. The molecule has 6 nitrogen and oxygen atoms in total. The SMILES string of the molecule is CCCNC1CCN(CCS(N)(=O)=O)C1=O. The van der Waals surface area contributed by atoms with Crippen molar-refractivity contribution in [3.05, 3.63) is 0 Å². The van der Waals surface area contributed by atoms with Crippen molar-refractivity contribution < 1.29 is 13.2 Å². The Morgan fingerprint density at radius 2 is 2.25 bits per heavy atom. The molecule has 1 atom stereocenters. The zero-order valence-electron chi connectivity index (χ0n) is 9.48. The Morgan fingerprint density at radius 3 is 2.81 bits per heavy atom. The van der Waals surface area contributed by atoms with Crippen LogP contribution in [0.5, 0.6) is 0 Å². The van der Waals surface area contributed by atoms with E-state index in [0.717, 1.165) is 19.4 Å². The van der Waals surface area contributed by atoms with Crippen LogP contribution in [-0.4, -0.2) is 50.7 Å². The molecule has 0 aromatic heterocycles. The largest absolute Gasteiger partial charge is 0.340 e. The Hall–Kier alpha value is -0.660. The Balaban J connectivity index is 2.39. The summed E-state index contributed by atoms with van der Waals surface area (Å²) in [5.74, 6) is -0.184. The minimum Gasteiger partial charge on any atom is -0.340 e. The molecular weight excluding hydrogens is 230 g/mol. The molecule has 3 N–H and O–H groups in total.